The molecule has 3 aliphatic heterocycles. The summed E-state index contributed by atoms with van der Waals surface area (Å²) in [5, 5.41) is 34.9. The van der Waals surface area contributed by atoms with Gasteiger partial charge in [-0.25, -0.2) is 0 Å². The summed E-state index contributed by atoms with van der Waals surface area (Å²) in [6.45, 7) is 6.42. The first kappa shape index (κ1) is 48.4. The number of aromatic nitrogens is 1. The van der Waals surface area contributed by atoms with Crippen molar-refractivity contribution in [3.63, 3.8) is 0 Å². The standard InChI is InChI=1S/C45H60N10O10/c56-39(54-11-1-2-12-54)28-48-45(65)36-8-9-46-38-7-6-34(27-37(36)38)33-4-3-5-35(26-33)44(64)47-10-13-49-22-24-55(25-23-49)40(57)29-50-14-16-51(30-41(58)59)18-20-53(32-43(62)63)21-19-52(17-15-50)31-42(60)61/h3-9,26-27H,1-2,10-25,28-32H2,(H,47,64)(H,48,65)(H,58,59)(H,60,61)(H,62,63). The Labute approximate surface area is 377 Å². The van der Waals surface area contributed by atoms with E-state index in [0.717, 1.165) is 24.0 Å². The molecule has 0 unspecified atom stereocenters. The van der Waals surface area contributed by atoms with Gasteiger partial charge in [-0.15, -0.1) is 0 Å². The van der Waals surface area contributed by atoms with Gasteiger partial charge in [0.05, 0.1) is 43.8 Å². The molecule has 20 heteroatoms. The Morgan fingerprint density at radius 3 is 1.62 bits per heavy atom. The Balaban J connectivity index is 0.982. The van der Waals surface area contributed by atoms with Gasteiger partial charge in [0.15, 0.2) is 0 Å². The van der Waals surface area contributed by atoms with Crippen molar-refractivity contribution in [3.05, 3.63) is 65.9 Å². The van der Waals surface area contributed by atoms with E-state index in [0.29, 0.717) is 127 Å². The average Bonchev–Trinajstić information content (AvgIpc) is 3.84. The number of rotatable bonds is 16. The molecule has 2 aromatic carbocycles. The van der Waals surface area contributed by atoms with E-state index in [4.69, 9.17) is 0 Å². The van der Waals surface area contributed by atoms with Gasteiger partial charge >= 0.3 is 17.9 Å². The van der Waals surface area contributed by atoms with Crippen molar-refractivity contribution < 1.29 is 48.9 Å². The van der Waals surface area contributed by atoms with Gasteiger partial charge in [0.1, 0.15) is 0 Å². The minimum absolute atomic E-state index is 0.0752. The van der Waals surface area contributed by atoms with Crippen LogP contribution >= 0.6 is 0 Å². The molecule has 0 atom stereocenters. The number of carboxylic acids is 3. The van der Waals surface area contributed by atoms with Crippen LogP contribution in [0.25, 0.3) is 22.0 Å². The molecular weight excluding hydrogens is 841 g/mol. The molecule has 65 heavy (non-hydrogen) atoms. The number of carboxylic acid groups (broad SMARTS) is 3. The lowest BCUT2D eigenvalue weighted by atomic mass is 9.99. The van der Waals surface area contributed by atoms with Crippen LogP contribution in [0.3, 0.4) is 0 Å². The lowest BCUT2D eigenvalue weighted by Gasteiger charge is -2.37. The number of hydrogen-bond acceptors (Lipinski definition) is 13. The van der Waals surface area contributed by atoms with E-state index in [1.165, 1.54) is 0 Å². The molecule has 6 rings (SSSR count). The first-order chi connectivity index (χ1) is 31.3. The van der Waals surface area contributed by atoms with E-state index in [2.05, 4.69) is 20.5 Å². The number of pyridine rings is 1. The third-order valence-corrected chi connectivity index (χ3v) is 12.1. The second-order valence-corrected chi connectivity index (χ2v) is 16.7. The highest BCUT2D eigenvalue weighted by Gasteiger charge is 2.26. The summed E-state index contributed by atoms with van der Waals surface area (Å²) >= 11 is 0. The average molecular weight is 901 g/mol. The van der Waals surface area contributed by atoms with E-state index in [9.17, 15) is 48.9 Å². The summed E-state index contributed by atoms with van der Waals surface area (Å²) in [6.07, 6.45) is 3.50. The number of nitrogens with one attached hydrogen (secondary N) is 2. The van der Waals surface area contributed by atoms with E-state index in [-0.39, 0.29) is 56.4 Å². The van der Waals surface area contributed by atoms with Crippen molar-refractivity contribution in [2.45, 2.75) is 12.8 Å². The summed E-state index contributed by atoms with van der Waals surface area (Å²) in [5.41, 5.74) is 3.09. The fourth-order valence-electron chi connectivity index (χ4n) is 8.42. The van der Waals surface area contributed by atoms with Gasteiger partial charge in [0.2, 0.25) is 11.8 Å². The number of carbonyl (C=O) groups excluding carboxylic acids is 4. The number of carbonyl (C=O) groups is 7. The number of amides is 4. The lowest BCUT2D eigenvalue weighted by Crippen LogP contribution is -2.53. The normalized spacial score (nSPS) is 17.8. The topological polar surface area (TPSA) is 240 Å². The lowest BCUT2D eigenvalue weighted by molar-refractivity contribution is -0.141. The zero-order valence-electron chi connectivity index (χ0n) is 36.7. The molecule has 0 bridgehead atoms. The van der Waals surface area contributed by atoms with Crippen molar-refractivity contribution in [1.82, 2.24) is 49.9 Å². The molecule has 1 aromatic heterocycles. The smallest absolute Gasteiger partial charge is 0.317 e. The van der Waals surface area contributed by atoms with Gasteiger partial charge in [-0.1, -0.05) is 18.2 Å². The minimum atomic E-state index is -1.02. The second-order valence-electron chi connectivity index (χ2n) is 16.7. The van der Waals surface area contributed by atoms with Gasteiger partial charge in [-0.05, 0) is 54.3 Å². The zero-order valence-corrected chi connectivity index (χ0v) is 36.7. The predicted molar refractivity (Wildman–Crippen MR) is 239 cm³/mol. The summed E-state index contributed by atoms with van der Waals surface area (Å²) in [6, 6.07) is 14.5. The Kier molecular flexibility index (Phi) is 17.7. The van der Waals surface area contributed by atoms with Crippen LogP contribution in [0.15, 0.2) is 54.7 Å². The third-order valence-electron chi connectivity index (χ3n) is 12.1. The Morgan fingerprint density at radius 1 is 0.523 bits per heavy atom. The summed E-state index contributed by atoms with van der Waals surface area (Å²) in [7, 11) is 0. The first-order valence-electron chi connectivity index (χ1n) is 22.2. The highest BCUT2D eigenvalue weighted by molar-refractivity contribution is 6.08. The highest BCUT2D eigenvalue weighted by atomic mass is 16.4. The fourth-order valence-corrected chi connectivity index (χ4v) is 8.42. The molecule has 4 amide bonds. The van der Waals surface area contributed by atoms with Crippen molar-refractivity contribution in [2.24, 2.45) is 0 Å². The number of fused-ring (bicyclic) bond motifs is 1. The van der Waals surface area contributed by atoms with E-state index >= 15 is 0 Å². The SMILES string of the molecule is O=C(O)CN1CCN(CC(=O)O)CCN(CC(=O)N2CCN(CCNC(=O)c3cccc(-c4ccc5nccc(C(=O)NCC(=O)N6CCCC6)c5c4)c3)CC2)CCN(CC(=O)O)CC1. The van der Waals surface area contributed by atoms with Crippen LogP contribution in [-0.4, -0.2) is 234 Å². The molecule has 3 saturated heterocycles. The summed E-state index contributed by atoms with van der Waals surface area (Å²) in [4.78, 5) is 105. The maximum absolute atomic E-state index is 13.6. The molecule has 0 radical (unpaired) electrons. The van der Waals surface area contributed by atoms with E-state index in [1.807, 2.05) is 29.2 Å². The first-order valence-corrected chi connectivity index (χ1v) is 22.2. The Hall–Kier alpha value is -6.06. The number of likely N-dealkylation sites (tertiary alicyclic amines) is 1. The molecule has 3 fully saturated rings. The van der Waals surface area contributed by atoms with Crippen LogP contribution in [0.5, 0.6) is 0 Å². The molecular formula is C45H60N10O10. The van der Waals surface area contributed by atoms with E-state index in [1.54, 1.807) is 55.0 Å². The number of piperazine rings is 1. The number of benzene rings is 2. The van der Waals surface area contributed by atoms with Gasteiger partial charge in [0, 0.05) is 122 Å². The van der Waals surface area contributed by atoms with E-state index < -0.39 is 17.9 Å². The van der Waals surface area contributed by atoms with Crippen LogP contribution in [0.1, 0.15) is 33.6 Å². The van der Waals surface area contributed by atoms with Gasteiger partial charge < -0.3 is 35.8 Å². The molecule has 0 spiro atoms. The zero-order chi connectivity index (χ0) is 46.3. The minimum Gasteiger partial charge on any atom is -0.480 e. The summed E-state index contributed by atoms with van der Waals surface area (Å²) in [5.74, 6) is -3.83. The third kappa shape index (κ3) is 14.7. The monoisotopic (exact) mass is 900 g/mol. The fraction of sp³-hybridized carbons (Fsp3) is 0.511. The number of aliphatic carboxylic acids is 3. The molecule has 350 valence electrons. The second kappa shape index (κ2) is 23.7. The summed E-state index contributed by atoms with van der Waals surface area (Å²) < 4.78 is 0. The predicted octanol–water partition coefficient (Wildman–Crippen LogP) is -0.397. The number of hydrogen-bond donors (Lipinski definition) is 5. The van der Waals surface area contributed by atoms with Crippen LogP contribution in [-0.2, 0) is 24.0 Å². The number of nitrogens with zero attached hydrogens (tertiary/aromatic N) is 8. The maximum atomic E-state index is 13.6. The van der Waals surface area contributed by atoms with Gasteiger partial charge in [-0.2, -0.15) is 0 Å². The van der Waals surface area contributed by atoms with Crippen LogP contribution in [0, 0.1) is 0 Å². The highest BCUT2D eigenvalue weighted by Crippen LogP contribution is 2.27. The molecule has 0 aliphatic carbocycles. The Morgan fingerprint density at radius 2 is 1.05 bits per heavy atom. The van der Waals surface area contributed by atoms with Crippen LogP contribution < -0.4 is 10.6 Å². The van der Waals surface area contributed by atoms with Gasteiger partial charge in [0.25, 0.3) is 11.8 Å². The molecule has 3 aliphatic rings. The largest absolute Gasteiger partial charge is 0.480 e. The van der Waals surface area contributed by atoms with Crippen LogP contribution in [0.2, 0.25) is 0 Å². The quantitative estimate of drug-likeness (QED) is 0.123. The molecule has 3 aromatic rings. The van der Waals surface area contributed by atoms with Crippen molar-refractivity contribution in [3.8, 4) is 11.1 Å². The molecule has 0 saturated carbocycles. The van der Waals surface area contributed by atoms with Crippen molar-refractivity contribution >= 4 is 52.4 Å². The molecule has 5 N–H and O–H groups in total. The van der Waals surface area contributed by atoms with Crippen molar-refractivity contribution in [2.75, 3.05) is 137 Å². The maximum Gasteiger partial charge on any atom is 0.317 e. The molecule has 4 heterocycles. The van der Waals surface area contributed by atoms with Crippen LogP contribution in [0.4, 0.5) is 0 Å². The van der Waals surface area contributed by atoms with Gasteiger partial charge in [-0.3, -0.25) is 63.0 Å². The Bertz CT molecular complexity index is 2150. The van der Waals surface area contributed by atoms with Crippen molar-refractivity contribution in [1.29, 1.82) is 0 Å². The molecule has 20 nitrogen and oxygen atoms in total.